The first-order valence-electron chi connectivity index (χ1n) is 7.61. The van der Waals surface area contributed by atoms with Crippen molar-refractivity contribution in [1.29, 1.82) is 0 Å². The second kappa shape index (κ2) is 6.96. The summed E-state index contributed by atoms with van der Waals surface area (Å²) >= 11 is 0. The maximum absolute atomic E-state index is 11.9. The van der Waals surface area contributed by atoms with Gasteiger partial charge in [0.25, 0.3) is 0 Å². The van der Waals surface area contributed by atoms with Crippen LogP contribution in [0, 0.1) is 0 Å². The van der Waals surface area contributed by atoms with Crippen molar-refractivity contribution < 1.29 is 14.3 Å². The van der Waals surface area contributed by atoms with Crippen LogP contribution >= 0.6 is 0 Å². The van der Waals surface area contributed by atoms with Gasteiger partial charge >= 0.3 is 0 Å². The molecule has 23 heavy (non-hydrogen) atoms. The fraction of sp³-hybridized carbons (Fsp3) is 0.222. The molecule has 0 aliphatic carbocycles. The summed E-state index contributed by atoms with van der Waals surface area (Å²) in [6.07, 6.45) is 1.40. The Morgan fingerprint density at radius 2 is 2.00 bits per heavy atom. The number of amides is 2. The topological polar surface area (TPSA) is 67.4 Å². The van der Waals surface area contributed by atoms with E-state index in [0.717, 1.165) is 17.0 Å². The molecule has 5 nitrogen and oxygen atoms in total. The van der Waals surface area contributed by atoms with E-state index in [-0.39, 0.29) is 11.8 Å². The van der Waals surface area contributed by atoms with Gasteiger partial charge in [0.05, 0.1) is 13.0 Å². The second-order valence-electron chi connectivity index (χ2n) is 5.41. The van der Waals surface area contributed by atoms with Crippen LogP contribution in [0.3, 0.4) is 0 Å². The van der Waals surface area contributed by atoms with Crippen LogP contribution in [0.25, 0.3) is 0 Å². The number of ether oxygens (including phenoxy) is 1. The monoisotopic (exact) mass is 310 g/mol. The summed E-state index contributed by atoms with van der Waals surface area (Å²) in [7, 11) is 0. The number of rotatable bonds is 6. The Kier molecular flexibility index (Phi) is 4.57. The lowest BCUT2D eigenvalue weighted by Crippen LogP contribution is -2.12. The Bertz CT molecular complexity index is 713. The Morgan fingerprint density at radius 3 is 2.83 bits per heavy atom. The van der Waals surface area contributed by atoms with E-state index in [1.165, 1.54) is 0 Å². The van der Waals surface area contributed by atoms with Crippen LogP contribution in [0.2, 0.25) is 0 Å². The third kappa shape index (κ3) is 4.10. The number of hydrogen-bond acceptors (Lipinski definition) is 3. The van der Waals surface area contributed by atoms with Crippen molar-refractivity contribution in [3.8, 4) is 5.75 Å². The summed E-state index contributed by atoms with van der Waals surface area (Å²) < 4.78 is 5.55. The third-order valence-electron chi connectivity index (χ3n) is 3.57. The van der Waals surface area contributed by atoms with Crippen molar-refractivity contribution in [1.82, 2.24) is 0 Å². The minimum absolute atomic E-state index is 0.0125. The zero-order chi connectivity index (χ0) is 16.1. The van der Waals surface area contributed by atoms with Gasteiger partial charge in [-0.1, -0.05) is 18.2 Å². The highest BCUT2D eigenvalue weighted by Gasteiger charge is 2.17. The molecule has 0 bridgehead atoms. The highest BCUT2D eigenvalue weighted by atomic mass is 16.5. The zero-order valence-corrected chi connectivity index (χ0v) is 12.7. The predicted molar refractivity (Wildman–Crippen MR) is 88.6 cm³/mol. The summed E-state index contributed by atoms with van der Waals surface area (Å²) in [6, 6.07) is 15.0. The van der Waals surface area contributed by atoms with Gasteiger partial charge in [0.1, 0.15) is 5.75 Å². The molecule has 0 saturated carbocycles. The molecule has 0 saturated heterocycles. The van der Waals surface area contributed by atoms with Crippen LogP contribution in [0.4, 0.5) is 11.4 Å². The van der Waals surface area contributed by atoms with Crippen LogP contribution in [0.5, 0.6) is 5.75 Å². The summed E-state index contributed by atoms with van der Waals surface area (Å²) in [5.41, 5.74) is 2.46. The summed E-state index contributed by atoms with van der Waals surface area (Å²) in [6.45, 7) is 0.500. The first-order chi connectivity index (χ1) is 11.2. The van der Waals surface area contributed by atoms with Gasteiger partial charge in [-0.3, -0.25) is 9.59 Å². The van der Waals surface area contributed by atoms with Crippen LogP contribution in [0.1, 0.15) is 18.4 Å². The van der Waals surface area contributed by atoms with E-state index in [0.29, 0.717) is 31.6 Å². The standard InChI is InChI=1S/C18H18N2O3/c21-17(7-4-10-23-15-5-2-1-3-6-15)19-14-8-9-16-13(11-14)12-18(22)20-16/h1-3,5-6,8-9,11H,4,7,10,12H2,(H,19,21)(H,20,22). The molecule has 0 fully saturated rings. The maximum Gasteiger partial charge on any atom is 0.228 e. The van der Waals surface area contributed by atoms with Crippen molar-refractivity contribution in [3.63, 3.8) is 0 Å². The lowest BCUT2D eigenvalue weighted by Gasteiger charge is -2.08. The Labute approximate surface area is 134 Å². The van der Waals surface area contributed by atoms with E-state index < -0.39 is 0 Å². The van der Waals surface area contributed by atoms with Crippen molar-refractivity contribution >= 4 is 23.2 Å². The van der Waals surface area contributed by atoms with E-state index in [9.17, 15) is 9.59 Å². The van der Waals surface area contributed by atoms with Gasteiger partial charge in [-0.15, -0.1) is 0 Å². The van der Waals surface area contributed by atoms with Crippen molar-refractivity contribution in [2.45, 2.75) is 19.3 Å². The number of para-hydroxylation sites is 1. The molecule has 2 N–H and O–H groups in total. The van der Waals surface area contributed by atoms with Crippen LogP contribution in [0.15, 0.2) is 48.5 Å². The average molecular weight is 310 g/mol. The van der Waals surface area contributed by atoms with Gasteiger partial charge in [-0.2, -0.15) is 0 Å². The van der Waals surface area contributed by atoms with Crippen LogP contribution in [-0.2, 0) is 16.0 Å². The highest BCUT2D eigenvalue weighted by molar-refractivity contribution is 6.00. The van der Waals surface area contributed by atoms with E-state index in [1.807, 2.05) is 42.5 Å². The van der Waals surface area contributed by atoms with Crippen molar-refractivity contribution in [3.05, 3.63) is 54.1 Å². The minimum Gasteiger partial charge on any atom is -0.494 e. The molecule has 1 aliphatic rings. The quantitative estimate of drug-likeness (QED) is 0.806. The number of benzene rings is 2. The molecule has 1 aliphatic heterocycles. The predicted octanol–water partition coefficient (Wildman–Crippen LogP) is 2.98. The molecule has 1 heterocycles. The molecule has 0 aromatic heterocycles. The first kappa shape index (κ1) is 15.1. The third-order valence-corrected chi connectivity index (χ3v) is 3.57. The fourth-order valence-corrected chi connectivity index (χ4v) is 2.47. The number of hydrogen-bond donors (Lipinski definition) is 2. The van der Waals surface area contributed by atoms with Gasteiger partial charge in [0.2, 0.25) is 11.8 Å². The molecule has 5 heteroatoms. The molecular formula is C18H18N2O3. The number of carbonyl (C=O) groups is 2. The van der Waals surface area contributed by atoms with Crippen molar-refractivity contribution in [2.75, 3.05) is 17.2 Å². The number of nitrogens with one attached hydrogen (secondary N) is 2. The van der Waals surface area contributed by atoms with Gasteiger partial charge in [-0.05, 0) is 42.3 Å². The zero-order valence-electron chi connectivity index (χ0n) is 12.7. The molecule has 0 spiro atoms. The lowest BCUT2D eigenvalue weighted by atomic mass is 10.1. The highest BCUT2D eigenvalue weighted by Crippen LogP contribution is 2.26. The van der Waals surface area contributed by atoms with Gasteiger partial charge in [0, 0.05) is 17.8 Å². The van der Waals surface area contributed by atoms with Gasteiger partial charge in [0.15, 0.2) is 0 Å². The summed E-state index contributed by atoms with van der Waals surface area (Å²) in [5.74, 6) is 0.740. The Morgan fingerprint density at radius 1 is 1.17 bits per heavy atom. The lowest BCUT2D eigenvalue weighted by molar-refractivity contribution is -0.116. The Hall–Kier alpha value is -2.82. The largest absolute Gasteiger partial charge is 0.494 e. The molecule has 0 radical (unpaired) electrons. The maximum atomic E-state index is 11.9. The molecule has 118 valence electrons. The molecule has 2 aromatic carbocycles. The number of anilines is 2. The summed E-state index contributed by atoms with van der Waals surface area (Å²) in [5, 5.41) is 5.62. The molecule has 3 rings (SSSR count). The van der Waals surface area contributed by atoms with E-state index in [4.69, 9.17) is 4.74 Å². The van der Waals surface area contributed by atoms with Gasteiger partial charge in [-0.25, -0.2) is 0 Å². The number of fused-ring (bicyclic) bond motifs is 1. The average Bonchev–Trinajstić information content (AvgIpc) is 2.92. The molecular weight excluding hydrogens is 292 g/mol. The van der Waals surface area contributed by atoms with E-state index >= 15 is 0 Å². The molecule has 0 atom stereocenters. The minimum atomic E-state index is -0.0566. The van der Waals surface area contributed by atoms with E-state index in [1.54, 1.807) is 6.07 Å². The number of carbonyl (C=O) groups excluding carboxylic acids is 2. The smallest absolute Gasteiger partial charge is 0.228 e. The molecule has 2 aromatic rings. The molecule has 2 amide bonds. The van der Waals surface area contributed by atoms with Crippen molar-refractivity contribution in [2.24, 2.45) is 0 Å². The SMILES string of the molecule is O=C(CCCOc1ccccc1)Nc1ccc2c(c1)CC(=O)N2. The first-order valence-corrected chi connectivity index (χ1v) is 7.61. The second-order valence-corrected chi connectivity index (χ2v) is 5.41. The van der Waals surface area contributed by atoms with Crippen LogP contribution in [-0.4, -0.2) is 18.4 Å². The van der Waals surface area contributed by atoms with Gasteiger partial charge < -0.3 is 15.4 Å². The molecule has 0 unspecified atom stereocenters. The normalized spacial score (nSPS) is 12.4. The van der Waals surface area contributed by atoms with Crippen LogP contribution < -0.4 is 15.4 Å². The fourth-order valence-electron chi connectivity index (χ4n) is 2.47. The van der Waals surface area contributed by atoms with E-state index in [2.05, 4.69) is 10.6 Å². The summed E-state index contributed by atoms with van der Waals surface area (Å²) in [4.78, 5) is 23.3. The Balaban J connectivity index is 1.43.